The highest BCUT2D eigenvalue weighted by molar-refractivity contribution is 5.52. The first-order valence-corrected chi connectivity index (χ1v) is 7.13. The summed E-state index contributed by atoms with van der Waals surface area (Å²) in [4.78, 5) is 0. The third-order valence-corrected chi connectivity index (χ3v) is 3.91. The Morgan fingerprint density at radius 1 is 1.25 bits per heavy atom. The average molecular weight is 281 g/mol. The van der Waals surface area contributed by atoms with Crippen molar-refractivity contribution < 1.29 is 13.9 Å². The predicted molar refractivity (Wildman–Crippen MR) is 78.5 cm³/mol. The van der Waals surface area contributed by atoms with Crippen LogP contribution < -0.4 is 14.8 Å². The van der Waals surface area contributed by atoms with Gasteiger partial charge in [0.2, 0.25) is 0 Å². The first-order chi connectivity index (χ1) is 9.47. The van der Waals surface area contributed by atoms with Crippen LogP contribution in [0.25, 0.3) is 0 Å². The van der Waals surface area contributed by atoms with Gasteiger partial charge in [0.15, 0.2) is 11.5 Å². The van der Waals surface area contributed by atoms with Crippen LogP contribution in [0.3, 0.4) is 0 Å². The first kappa shape index (κ1) is 15.1. The zero-order valence-corrected chi connectivity index (χ0v) is 12.8. The molecule has 1 aliphatic heterocycles. The van der Waals surface area contributed by atoms with Crippen molar-refractivity contribution in [3.63, 3.8) is 0 Å². The normalized spacial score (nSPS) is 19.8. The van der Waals surface area contributed by atoms with E-state index in [0.717, 1.165) is 31.5 Å². The molecular weight excluding hydrogens is 257 g/mol. The predicted octanol–water partition coefficient (Wildman–Crippen LogP) is 3.38. The third kappa shape index (κ3) is 3.06. The molecule has 1 aromatic carbocycles. The molecule has 1 fully saturated rings. The Balaban J connectivity index is 2.48. The van der Waals surface area contributed by atoms with Crippen LogP contribution >= 0.6 is 0 Å². The second-order valence-electron chi connectivity index (χ2n) is 5.82. The highest BCUT2D eigenvalue weighted by atomic mass is 19.1. The lowest BCUT2D eigenvalue weighted by atomic mass is 9.87. The van der Waals surface area contributed by atoms with Gasteiger partial charge in [-0.15, -0.1) is 0 Å². The van der Waals surface area contributed by atoms with Crippen LogP contribution in [-0.2, 0) is 5.67 Å². The topological polar surface area (TPSA) is 30.5 Å². The fraction of sp³-hybridized carbons (Fsp3) is 0.625. The van der Waals surface area contributed by atoms with Gasteiger partial charge in [-0.25, -0.2) is 4.39 Å². The number of piperidine rings is 1. The van der Waals surface area contributed by atoms with Crippen molar-refractivity contribution in [3.8, 4) is 11.5 Å². The second kappa shape index (κ2) is 6.00. The molecule has 0 saturated carbocycles. The summed E-state index contributed by atoms with van der Waals surface area (Å²) in [7, 11) is 3.14. The van der Waals surface area contributed by atoms with Crippen molar-refractivity contribution in [3.05, 3.63) is 23.3 Å². The molecule has 1 saturated heterocycles. The van der Waals surface area contributed by atoms with Gasteiger partial charge >= 0.3 is 0 Å². The van der Waals surface area contributed by atoms with E-state index in [1.165, 1.54) is 0 Å². The van der Waals surface area contributed by atoms with Crippen molar-refractivity contribution in [2.75, 3.05) is 27.3 Å². The maximum Gasteiger partial charge on any atom is 0.167 e. The van der Waals surface area contributed by atoms with Gasteiger partial charge in [-0.05, 0) is 56.8 Å². The maximum absolute atomic E-state index is 14.5. The molecule has 0 radical (unpaired) electrons. The van der Waals surface area contributed by atoms with Gasteiger partial charge in [0, 0.05) is 12.1 Å². The van der Waals surface area contributed by atoms with Crippen LogP contribution in [0.5, 0.6) is 11.5 Å². The van der Waals surface area contributed by atoms with Crippen molar-refractivity contribution in [1.29, 1.82) is 0 Å². The van der Waals surface area contributed by atoms with Crippen molar-refractivity contribution in [2.24, 2.45) is 0 Å². The number of hydrogen-bond acceptors (Lipinski definition) is 3. The summed E-state index contributed by atoms with van der Waals surface area (Å²) in [5.41, 5.74) is 0.215. The number of ether oxygens (including phenoxy) is 2. The molecule has 1 aromatic rings. The van der Waals surface area contributed by atoms with Crippen LogP contribution in [0.1, 0.15) is 43.7 Å². The quantitative estimate of drug-likeness (QED) is 0.918. The van der Waals surface area contributed by atoms with Crippen LogP contribution in [0, 0.1) is 0 Å². The summed E-state index contributed by atoms with van der Waals surface area (Å²) in [6.45, 7) is 5.09. The molecule has 1 unspecified atom stereocenters. The summed E-state index contributed by atoms with van der Waals surface area (Å²) in [6.07, 6.45) is 2.27. The lowest BCUT2D eigenvalue weighted by Gasteiger charge is -2.27. The number of methoxy groups -OCH3 is 2. The molecule has 1 aliphatic rings. The van der Waals surface area contributed by atoms with Crippen LogP contribution in [0.15, 0.2) is 12.1 Å². The highest BCUT2D eigenvalue weighted by Crippen LogP contribution is 2.42. The number of nitrogens with one attached hydrogen (secondary N) is 1. The molecule has 0 aromatic heterocycles. The first-order valence-electron chi connectivity index (χ1n) is 7.13. The third-order valence-electron chi connectivity index (χ3n) is 3.91. The van der Waals surface area contributed by atoms with E-state index in [-0.39, 0.29) is 0 Å². The fourth-order valence-corrected chi connectivity index (χ4v) is 2.80. The van der Waals surface area contributed by atoms with E-state index >= 15 is 0 Å². The molecule has 1 N–H and O–H groups in total. The Morgan fingerprint density at radius 3 is 2.50 bits per heavy atom. The molecule has 20 heavy (non-hydrogen) atoms. The van der Waals surface area contributed by atoms with Crippen LogP contribution in [0.4, 0.5) is 4.39 Å². The van der Waals surface area contributed by atoms with E-state index in [2.05, 4.69) is 5.32 Å². The van der Waals surface area contributed by atoms with Gasteiger partial charge in [0.05, 0.1) is 14.2 Å². The fourth-order valence-electron chi connectivity index (χ4n) is 2.80. The van der Waals surface area contributed by atoms with Gasteiger partial charge < -0.3 is 14.8 Å². The van der Waals surface area contributed by atoms with Crippen LogP contribution in [-0.4, -0.2) is 27.3 Å². The minimum absolute atomic E-state index is 0.407. The molecular formula is C16H24FNO2. The maximum atomic E-state index is 14.5. The van der Waals surface area contributed by atoms with E-state index in [4.69, 9.17) is 9.47 Å². The summed E-state index contributed by atoms with van der Waals surface area (Å²) < 4.78 is 25.2. The zero-order chi connectivity index (χ0) is 14.8. The summed E-state index contributed by atoms with van der Waals surface area (Å²) >= 11 is 0. The van der Waals surface area contributed by atoms with E-state index in [9.17, 15) is 4.39 Å². The van der Waals surface area contributed by atoms with Gasteiger partial charge in [-0.1, -0.05) is 0 Å². The Labute approximate surface area is 120 Å². The van der Waals surface area contributed by atoms with E-state index < -0.39 is 5.67 Å². The number of halogens is 1. The smallest absolute Gasteiger partial charge is 0.167 e. The molecule has 4 heteroatoms. The molecule has 0 aliphatic carbocycles. The van der Waals surface area contributed by atoms with Gasteiger partial charge in [0.25, 0.3) is 0 Å². The summed E-state index contributed by atoms with van der Waals surface area (Å²) in [6, 6.07) is 3.91. The molecule has 0 bridgehead atoms. The molecule has 3 nitrogen and oxygen atoms in total. The van der Waals surface area contributed by atoms with Crippen LogP contribution in [0.2, 0.25) is 0 Å². The summed E-state index contributed by atoms with van der Waals surface area (Å²) in [5, 5.41) is 3.39. The van der Waals surface area contributed by atoms with Gasteiger partial charge in [0.1, 0.15) is 5.67 Å². The Kier molecular flexibility index (Phi) is 4.53. The largest absolute Gasteiger partial charge is 0.493 e. The minimum atomic E-state index is -1.46. The number of hydrogen-bond donors (Lipinski definition) is 1. The Hall–Kier alpha value is -1.29. The number of rotatable bonds is 4. The second-order valence-corrected chi connectivity index (χ2v) is 5.82. The van der Waals surface area contributed by atoms with Crippen molar-refractivity contribution in [2.45, 2.75) is 38.3 Å². The number of benzene rings is 1. The molecule has 2 rings (SSSR count). The van der Waals surface area contributed by atoms with Crippen molar-refractivity contribution in [1.82, 2.24) is 5.32 Å². The molecule has 1 atom stereocenters. The average Bonchev–Trinajstić information content (AvgIpc) is 2.45. The minimum Gasteiger partial charge on any atom is -0.493 e. The number of alkyl halides is 1. The lowest BCUT2D eigenvalue weighted by Crippen LogP contribution is -2.28. The lowest BCUT2D eigenvalue weighted by molar-refractivity contribution is 0.210. The molecule has 112 valence electrons. The van der Waals surface area contributed by atoms with Gasteiger partial charge in [-0.3, -0.25) is 0 Å². The van der Waals surface area contributed by atoms with Gasteiger partial charge in [-0.2, -0.15) is 0 Å². The Morgan fingerprint density at radius 2 is 2.00 bits per heavy atom. The van der Waals surface area contributed by atoms with Crippen molar-refractivity contribution >= 4 is 0 Å². The standard InChI is InChI=1S/C16H24FNO2/c1-16(2,17)13-8-12(11-6-5-7-18-10-11)9-14(19-3)15(13)20-4/h8-9,11,18H,5-7,10H2,1-4H3. The molecule has 1 heterocycles. The van der Waals surface area contributed by atoms with E-state index in [0.29, 0.717) is 23.0 Å². The van der Waals surface area contributed by atoms with E-state index in [1.807, 2.05) is 12.1 Å². The highest BCUT2D eigenvalue weighted by Gasteiger charge is 2.28. The SMILES string of the molecule is COc1cc(C2CCCNC2)cc(C(C)(C)F)c1OC. The zero-order valence-electron chi connectivity index (χ0n) is 12.8. The molecule has 0 spiro atoms. The summed E-state index contributed by atoms with van der Waals surface area (Å²) in [5.74, 6) is 1.51. The molecule has 0 amide bonds. The monoisotopic (exact) mass is 281 g/mol. The van der Waals surface area contributed by atoms with E-state index in [1.54, 1.807) is 28.1 Å². The Bertz CT molecular complexity index is 462.